The molecule has 0 spiro atoms. The first-order chi connectivity index (χ1) is 8.84. The van der Waals surface area contributed by atoms with Gasteiger partial charge in [-0.2, -0.15) is 0 Å². The van der Waals surface area contributed by atoms with Crippen molar-refractivity contribution in [2.75, 3.05) is 0 Å². The minimum absolute atomic E-state index is 0.209. The van der Waals surface area contributed by atoms with Crippen LogP contribution in [0.15, 0.2) is 36.4 Å². The van der Waals surface area contributed by atoms with Gasteiger partial charge in [-0.05, 0) is 61.6 Å². The molecule has 2 aromatic rings. The van der Waals surface area contributed by atoms with Gasteiger partial charge in [0.1, 0.15) is 5.82 Å². The van der Waals surface area contributed by atoms with Gasteiger partial charge in [-0.15, -0.1) is 0 Å². The van der Waals surface area contributed by atoms with E-state index in [4.69, 9.17) is 5.73 Å². The monoisotopic (exact) mass is 257 g/mol. The molecule has 0 aliphatic rings. The first-order valence-electron chi connectivity index (χ1n) is 6.46. The summed E-state index contributed by atoms with van der Waals surface area (Å²) in [6.07, 6.45) is 0. The lowest BCUT2D eigenvalue weighted by Gasteiger charge is -2.28. The van der Waals surface area contributed by atoms with Crippen molar-refractivity contribution in [3.63, 3.8) is 0 Å². The molecule has 1 atom stereocenters. The van der Waals surface area contributed by atoms with Crippen molar-refractivity contribution in [1.82, 2.24) is 0 Å². The first-order valence-corrected chi connectivity index (χ1v) is 6.46. The van der Waals surface area contributed by atoms with Gasteiger partial charge in [0.2, 0.25) is 0 Å². The first kappa shape index (κ1) is 13.8. The molecule has 2 aromatic carbocycles. The standard InChI is InChI=1S/C17H20FN/c1-11-6-5-7-15(13(11)3)17(4,19)14-9-8-12(2)16(18)10-14/h5-10H,19H2,1-4H3. The second-order valence-corrected chi connectivity index (χ2v) is 5.41. The van der Waals surface area contributed by atoms with E-state index in [2.05, 4.69) is 19.9 Å². The van der Waals surface area contributed by atoms with Crippen LogP contribution in [0.2, 0.25) is 0 Å². The number of aryl methyl sites for hydroxylation is 2. The lowest BCUT2D eigenvalue weighted by molar-refractivity contribution is 0.575. The van der Waals surface area contributed by atoms with Gasteiger partial charge in [-0.3, -0.25) is 0 Å². The smallest absolute Gasteiger partial charge is 0.126 e. The van der Waals surface area contributed by atoms with Crippen LogP contribution >= 0.6 is 0 Å². The summed E-state index contributed by atoms with van der Waals surface area (Å²) in [6.45, 7) is 7.80. The molecule has 2 heteroatoms. The lowest BCUT2D eigenvalue weighted by atomic mass is 9.82. The van der Waals surface area contributed by atoms with Crippen molar-refractivity contribution in [2.24, 2.45) is 5.73 Å². The predicted octanol–water partition coefficient (Wildman–Crippen LogP) is 3.97. The fourth-order valence-electron chi connectivity index (χ4n) is 2.39. The quantitative estimate of drug-likeness (QED) is 0.865. The Morgan fingerprint density at radius 1 is 1.00 bits per heavy atom. The minimum Gasteiger partial charge on any atom is -0.318 e. The molecule has 0 amide bonds. The molecule has 0 radical (unpaired) electrons. The van der Waals surface area contributed by atoms with E-state index in [0.717, 1.165) is 16.7 Å². The molecular weight excluding hydrogens is 237 g/mol. The Balaban J connectivity index is 2.58. The van der Waals surface area contributed by atoms with E-state index in [1.807, 2.05) is 25.1 Å². The van der Waals surface area contributed by atoms with E-state index >= 15 is 0 Å². The highest BCUT2D eigenvalue weighted by Crippen LogP contribution is 2.31. The maximum Gasteiger partial charge on any atom is 0.126 e. The molecule has 2 rings (SSSR count). The summed E-state index contributed by atoms with van der Waals surface area (Å²) in [5, 5.41) is 0. The van der Waals surface area contributed by atoms with Crippen LogP contribution in [-0.4, -0.2) is 0 Å². The maximum absolute atomic E-state index is 13.7. The van der Waals surface area contributed by atoms with E-state index in [1.165, 1.54) is 11.6 Å². The molecule has 0 aliphatic heterocycles. The zero-order chi connectivity index (χ0) is 14.2. The second kappa shape index (κ2) is 4.78. The zero-order valence-corrected chi connectivity index (χ0v) is 11.9. The highest BCUT2D eigenvalue weighted by molar-refractivity contribution is 5.44. The number of hydrogen-bond donors (Lipinski definition) is 1. The summed E-state index contributed by atoms with van der Waals surface area (Å²) in [5.41, 5.74) is 10.6. The van der Waals surface area contributed by atoms with Crippen LogP contribution in [0.3, 0.4) is 0 Å². The molecule has 0 heterocycles. The minimum atomic E-state index is -0.690. The normalized spacial score (nSPS) is 14.2. The van der Waals surface area contributed by atoms with Crippen molar-refractivity contribution >= 4 is 0 Å². The van der Waals surface area contributed by atoms with E-state index in [1.54, 1.807) is 13.0 Å². The highest BCUT2D eigenvalue weighted by Gasteiger charge is 2.26. The van der Waals surface area contributed by atoms with Crippen molar-refractivity contribution in [3.8, 4) is 0 Å². The van der Waals surface area contributed by atoms with Gasteiger partial charge in [0.15, 0.2) is 0 Å². The summed E-state index contributed by atoms with van der Waals surface area (Å²) in [4.78, 5) is 0. The van der Waals surface area contributed by atoms with Gasteiger partial charge in [-0.1, -0.05) is 30.3 Å². The Kier molecular flexibility index (Phi) is 3.46. The van der Waals surface area contributed by atoms with Crippen LogP contribution in [0, 0.1) is 26.6 Å². The average Bonchev–Trinajstić information content (AvgIpc) is 2.35. The van der Waals surface area contributed by atoms with Crippen LogP contribution in [0.25, 0.3) is 0 Å². The maximum atomic E-state index is 13.7. The SMILES string of the molecule is Cc1ccc(C(C)(N)c2cccc(C)c2C)cc1F. The summed E-state index contributed by atoms with van der Waals surface area (Å²) in [5.74, 6) is -0.209. The van der Waals surface area contributed by atoms with Crippen LogP contribution in [0.5, 0.6) is 0 Å². The van der Waals surface area contributed by atoms with Gasteiger partial charge < -0.3 is 5.73 Å². The Bertz CT molecular complexity index is 615. The molecule has 0 aromatic heterocycles. The van der Waals surface area contributed by atoms with Crippen LogP contribution in [0.1, 0.15) is 34.7 Å². The van der Waals surface area contributed by atoms with Crippen molar-refractivity contribution in [1.29, 1.82) is 0 Å². The summed E-state index contributed by atoms with van der Waals surface area (Å²) in [7, 11) is 0. The molecule has 2 N–H and O–H groups in total. The highest BCUT2D eigenvalue weighted by atomic mass is 19.1. The molecule has 100 valence electrons. The van der Waals surface area contributed by atoms with Gasteiger partial charge in [0, 0.05) is 0 Å². The van der Waals surface area contributed by atoms with Gasteiger partial charge in [0.05, 0.1) is 5.54 Å². The van der Waals surface area contributed by atoms with Gasteiger partial charge in [-0.25, -0.2) is 4.39 Å². The molecule has 0 saturated heterocycles. The number of benzene rings is 2. The van der Waals surface area contributed by atoms with E-state index in [0.29, 0.717) is 5.56 Å². The molecule has 0 aliphatic carbocycles. The van der Waals surface area contributed by atoms with Crippen molar-refractivity contribution < 1.29 is 4.39 Å². The number of nitrogens with two attached hydrogens (primary N) is 1. The zero-order valence-electron chi connectivity index (χ0n) is 11.9. The third-order valence-electron chi connectivity index (χ3n) is 3.94. The number of rotatable bonds is 2. The summed E-state index contributed by atoms with van der Waals surface area (Å²) >= 11 is 0. The number of hydrogen-bond acceptors (Lipinski definition) is 1. The molecule has 1 nitrogen and oxygen atoms in total. The molecular formula is C17H20FN. The molecule has 0 fully saturated rings. The largest absolute Gasteiger partial charge is 0.318 e. The van der Waals surface area contributed by atoms with E-state index in [-0.39, 0.29) is 5.82 Å². The molecule has 0 saturated carbocycles. The van der Waals surface area contributed by atoms with Crippen LogP contribution < -0.4 is 5.73 Å². The fourth-order valence-corrected chi connectivity index (χ4v) is 2.39. The predicted molar refractivity (Wildman–Crippen MR) is 77.7 cm³/mol. The summed E-state index contributed by atoms with van der Waals surface area (Å²) in [6, 6.07) is 11.3. The Morgan fingerprint density at radius 3 is 2.32 bits per heavy atom. The Hall–Kier alpha value is -1.67. The molecule has 0 bridgehead atoms. The second-order valence-electron chi connectivity index (χ2n) is 5.41. The van der Waals surface area contributed by atoms with Gasteiger partial charge in [0.25, 0.3) is 0 Å². The van der Waals surface area contributed by atoms with Gasteiger partial charge >= 0.3 is 0 Å². The number of halogens is 1. The Labute approximate surface area is 114 Å². The molecule has 19 heavy (non-hydrogen) atoms. The van der Waals surface area contributed by atoms with E-state index < -0.39 is 5.54 Å². The van der Waals surface area contributed by atoms with Crippen molar-refractivity contribution in [2.45, 2.75) is 33.2 Å². The average molecular weight is 257 g/mol. The lowest BCUT2D eigenvalue weighted by Crippen LogP contribution is -2.35. The topological polar surface area (TPSA) is 26.0 Å². The third kappa shape index (κ3) is 2.41. The Morgan fingerprint density at radius 2 is 1.68 bits per heavy atom. The fraction of sp³-hybridized carbons (Fsp3) is 0.294. The van der Waals surface area contributed by atoms with Crippen LogP contribution in [0.4, 0.5) is 4.39 Å². The van der Waals surface area contributed by atoms with E-state index in [9.17, 15) is 4.39 Å². The van der Waals surface area contributed by atoms with Crippen molar-refractivity contribution in [3.05, 3.63) is 70.0 Å². The molecule has 1 unspecified atom stereocenters. The van der Waals surface area contributed by atoms with Crippen LogP contribution in [-0.2, 0) is 5.54 Å². The summed E-state index contributed by atoms with van der Waals surface area (Å²) < 4.78 is 13.7. The third-order valence-corrected chi connectivity index (χ3v) is 3.94.